The number of halogens is 1. The third kappa shape index (κ3) is 2.38. The smallest absolute Gasteiger partial charge is 0.125 e. The van der Waals surface area contributed by atoms with Crippen molar-refractivity contribution in [2.75, 3.05) is 0 Å². The topological polar surface area (TPSA) is 0 Å². The lowest BCUT2D eigenvalue weighted by Gasteiger charge is -2.46. The molecule has 0 aromatic carbocycles. The Hall–Kier alpha value is 0.697. The van der Waals surface area contributed by atoms with Crippen LogP contribution in [0.3, 0.4) is 0 Å². The van der Waals surface area contributed by atoms with E-state index in [1.165, 1.54) is 6.42 Å². The third-order valence-electron chi connectivity index (χ3n) is 3.60. The van der Waals surface area contributed by atoms with Crippen molar-refractivity contribution in [2.45, 2.75) is 71.0 Å². The van der Waals surface area contributed by atoms with Crippen LogP contribution in [0, 0.1) is 0 Å². The van der Waals surface area contributed by atoms with Gasteiger partial charge in [0, 0.05) is 0 Å². The quantitative estimate of drug-likeness (QED) is 0.475. The largest absolute Gasteiger partial charge is 0.140 e. The Kier molecular flexibility index (Phi) is 4.72. The molecule has 0 aromatic rings. The van der Waals surface area contributed by atoms with Gasteiger partial charge in [0.1, 0.15) is 6.69 Å². The summed E-state index contributed by atoms with van der Waals surface area (Å²) in [5, 5.41) is 0.495. The molecule has 0 aliphatic heterocycles. The maximum Gasteiger partial charge on any atom is 0.140 e. The van der Waals surface area contributed by atoms with E-state index in [1.807, 2.05) is 0 Å². The Bertz CT molecular complexity index is 153. The normalized spacial score (nSPS) is 14.3. The fourth-order valence-electron chi connectivity index (χ4n) is 2.50. The Labute approximate surface area is 93.1 Å². The minimum absolute atomic E-state index is 0.495. The van der Waals surface area contributed by atoms with Gasteiger partial charge in [0.05, 0.1) is 0 Å². The monoisotopic (exact) mass is 264 g/mol. The standard InChI is InChI=1S/C11H25BrSi/c1-8-11(6,7)13(12,9(2)3)10(4)5/h9-10H,8H2,1-7H3. The Balaban J connectivity index is 5.01. The number of hydrogen-bond acceptors (Lipinski definition) is 0. The maximum atomic E-state index is 4.13. The molecule has 0 heterocycles. The van der Waals surface area contributed by atoms with E-state index >= 15 is 0 Å². The van der Waals surface area contributed by atoms with Crippen molar-refractivity contribution in [1.82, 2.24) is 0 Å². The van der Waals surface area contributed by atoms with E-state index in [0.717, 1.165) is 11.1 Å². The van der Waals surface area contributed by atoms with Gasteiger partial charge in [-0.3, -0.25) is 0 Å². The predicted octanol–water partition coefficient (Wildman–Crippen LogP) is 5.34. The molecule has 0 fully saturated rings. The van der Waals surface area contributed by atoms with Gasteiger partial charge in [-0.1, -0.05) is 54.9 Å². The summed E-state index contributed by atoms with van der Waals surface area (Å²) < 4.78 is 0. The summed E-state index contributed by atoms with van der Waals surface area (Å²) >= 11 is 4.13. The zero-order valence-corrected chi connectivity index (χ0v) is 12.8. The molecule has 0 spiro atoms. The highest BCUT2D eigenvalue weighted by atomic mass is 79.9. The molecule has 0 aliphatic carbocycles. The molecular formula is C11H25BrSi. The average molecular weight is 265 g/mol. The molecule has 0 aromatic heterocycles. The summed E-state index contributed by atoms with van der Waals surface area (Å²) in [6.45, 7) is 15.3. The molecule has 0 amide bonds. The Morgan fingerprint density at radius 2 is 1.38 bits per heavy atom. The molecule has 0 nitrogen and oxygen atoms in total. The molecule has 0 unspecified atom stereocenters. The van der Waals surface area contributed by atoms with E-state index in [2.05, 4.69) is 63.8 Å². The first-order chi connectivity index (χ1) is 5.70. The summed E-state index contributed by atoms with van der Waals surface area (Å²) in [5.41, 5.74) is 1.62. The van der Waals surface area contributed by atoms with Crippen LogP contribution < -0.4 is 0 Å². The highest BCUT2D eigenvalue weighted by Gasteiger charge is 2.48. The molecule has 0 rings (SSSR count). The van der Waals surface area contributed by atoms with E-state index in [9.17, 15) is 0 Å². The van der Waals surface area contributed by atoms with Crippen LogP contribution >= 0.6 is 15.3 Å². The SMILES string of the molecule is CCC(C)(C)[Si](Br)(C(C)C)C(C)C. The first kappa shape index (κ1) is 13.7. The fourth-order valence-corrected chi connectivity index (χ4v) is 8.34. The van der Waals surface area contributed by atoms with Crippen LogP contribution in [0.4, 0.5) is 0 Å². The third-order valence-corrected chi connectivity index (χ3v) is 18.1. The van der Waals surface area contributed by atoms with Gasteiger partial charge in [0.25, 0.3) is 0 Å². The molecule has 13 heavy (non-hydrogen) atoms. The van der Waals surface area contributed by atoms with Crippen molar-refractivity contribution >= 4 is 22.0 Å². The highest BCUT2D eigenvalue weighted by molar-refractivity contribution is 9.26. The van der Waals surface area contributed by atoms with Crippen molar-refractivity contribution < 1.29 is 0 Å². The lowest BCUT2D eigenvalue weighted by Crippen LogP contribution is -2.44. The first-order valence-electron chi connectivity index (χ1n) is 5.39. The van der Waals surface area contributed by atoms with Crippen molar-refractivity contribution in [3.8, 4) is 0 Å². The average Bonchev–Trinajstić information content (AvgIpc) is 2.01. The predicted molar refractivity (Wildman–Crippen MR) is 69.2 cm³/mol. The fraction of sp³-hybridized carbons (Fsp3) is 1.00. The van der Waals surface area contributed by atoms with E-state index in [0.29, 0.717) is 5.04 Å². The van der Waals surface area contributed by atoms with Crippen LogP contribution in [0.1, 0.15) is 54.9 Å². The lowest BCUT2D eigenvalue weighted by atomic mass is 10.1. The molecule has 0 aliphatic rings. The van der Waals surface area contributed by atoms with Gasteiger partial charge in [-0.15, -0.1) is 15.3 Å². The number of hydrogen-bond donors (Lipinski definition) is 0. The molecule has 0 saturated carbocycles. The second-order valence-electron chi connectivity index (χ2n) is 5.31. The summed E-state index contributed by atoms with van der Waals surface area (Å²) in [4.78, 5) is 0. The van der Waals surface area contributed by atoms with Gasteiger partial charge in [-0.2, -0.15) is 0 Å². The molecule has 2 heteroatoms. The van der Waals surface area contributed by atoms with Crippen molar-refractivity contribution in [1.29, 1.82) is 0 Å². The zero-order valence-electron chi connectivity index (χ0n) is 10.2. The second kappa shape index (κ2) is 4.48. The van der Waals surface area contributed by atoms with Crippen LogP contribution in [-0.4, -0.2) is 6.69 Å². The van der Waals surface area contributed by atoms with Crippen molar-refractivity contribution in [2.24, 2.45) is 0 Å². The van der Waals surface area contributed by atoms with Gasteiger partial charge >= 0.3 is 0 Å². The summed E-state index contributed by atoms with van der Waals surface area (Å²) in [5.74, 6) is 0. The molecule has 0 bridgehead atoms. The minimum atomic E-state index is -1.32. The molecular weight excluding hydrogens is 240 g/mol. The highest BCUT2D eigenvalue weighted by Crippen LogP contribution is 2.55. The van der Waals surface area contributed by atoms with Crippen LogP contribution in [0.2, 0.25) is 16.1 Å². The lowest BCUT2D eigenvalue weighted by molar-refractivity contribution is 0.599. The van der Waals surface area contributed by atoms with Crippen LogP contribution in [0.25, 0.3) is 0 Å². The second-order valence-corrected chi connectivity index (χ2v) is 14.5. The van der Waals surface area contributed by atoms with Crippen LogP contribution in [0.5, 0.6) is 0 Å². The van der Waals surface area contributed by atoms with Gasteiger partial charge < -0.3 is 0 Å². The minimum Gasteiger partial charge on any atom is -0.125 e. The van der Waals surface area contributed by atoms with Crippen molar-refractivity contribution in [3.05, 3.63) is 0 Å². The van der Waals surface area contributed by atoms with E-state index in [4.69, 9.17) is 0 Å². The summed E-state index contributed by atoms with van der Waals surface area (Å²) in [6.07, 6.45) is 1.28. The Morgan fingerprint density at radius 3 is 1.46 bits per heavy atom. The van der Waals surface area contributed by atoms with E-state index < -0.39 is 6.69 Å². The Morgan fingerprint density at radius 1 is 1.08 bits per heavy atom. The molecule has 80 valence electrons. The van der Waals surface area contributed by atoms with Crippen LogP contribution in [-0.2, 0) is 0 Å². The first-order valence-corrected chi connectivity index (χ1v) is 9.80. The van der Waals surface area contributed by atoms with E-state index in [1.54, 1.807) is 0 Å². The molecule has 0 atom stereocenters. The summed E-state index contributed by atoms with van der Waals surface area (Å²) in [7, 11) is 0. The van der Waals surface area contributed by atoms with Gasteiger partial charge in [-0.05, 0) is 16.1 Å². The van der Waals surface area contributed by atoms with Crippen LogP contribution in [0.15, 0.2) is 0 Å². The molecule has 0 saturated heterocycles. The van der Waals surface area contributed by atoms with Gasteiger partial charge in [0.15, 0.2) is 0 Å². The van der Waals surface area contributed by atoms with Gasteiger partial charge in [-0.25, -0.2) is 0 Å². The summed E-state index contributed by atoms with van der Waals surface area (Å²) in [6, 6.07) is 0. The molecule has 0 radical (unpaired) electrons. The maximum absolute atomic E-state index is 4.13. The molecule has 0 N–H and O–H groups in total. The van der Waals surface area contributed by atoms with Gasteiger partial charge in [0.2, 0.25) is 0 Å². The zero-order chi connectivity index (χ0) is 10.9. The van der Waals surface area contributed by atoms with Crippen molar-refractivity contribution in [3.63, 3.8) is 0 Å². The van der Waals surface area contributed by atoms with E-state index in [-0.39, 0.29) is 0 Å². The number of rotatable bonds is 4.